The Bertz CT molecular complexity index is 1460. The standard InChI is InChI=1S/C27H29ClFN9O/c1-4-22-31-25(35-27(32-22)38-14-12-37(13-15-38)19-10-8-18(29)9-11-19)34-26-30-16-21(36(26)3)24(39)33-23-17(2)6-5-7-20(23)28/h5-11,16H,4,12-15H2,1-3H3,(H,33,39)(H,30,31,32,34,35). The minimum atomic E-state index is -0.334. The molecule has 202 valence electrons. The van der Waals surface area contributed by atoms with Crippen molar-refractivity contribution in [1.29, 1.82) is 0 Å². The maximum atomic E-state index is 13.3. The Labute approximate surface area is 230 Å². The number of para-hydroxylation sites is 1. The summed E-state index contributed by atoms with van der Waals surface area (Å²) >= 11 is 6.27. The number of amides is 1. The Hall–Kier alpha value is -4.25. The highest BCUT2D eigenvalue weighted by Crippen LogP contribution is 2.26. The average Bonchev–Trinajstić information content (AvgIpc) is 3.30. The van der Waals surface area contributed by atoms with E-state index in [1.807, 2.05) is 26.0 Å². The Morgan fingerprint density at radius 3 is 2.44 bits per heavy atom. The molecule has 12 heteroatoms. The number of hydrogen-bond acceptors (Lipinski definition) is 8. The number of benzene rings is 2. The lowest BCUT2D eigenvalue weighted by Gasteiger charge is -2.36. The minimum absolute atomic E-state index is 0.245. The van der Waals surface area contributed by atoms with Gasteiger partial charge in [0.2, 0.25) is 17.8 Å². The first-order chi connectivity index (χ1) is 18.8. The van der Waals surface area contributed by atoms with Crippen LogP contribution < -0.4 is 20.4 Å². The number of imidazole rings is 1. The predicted molar refractivity (Wildman–Crippen MR) is 151 cm³/mol. The molecule has 39 heavy (non-hydrogen) atoms. The van der Waals surface area contributed by atoms with Crippen molar-refractivity contribution in [3.8, 4) is 0 Å². The van der Waals surface area contributed by atoms with Crippen LogP contribution >= 0.6 is 11.6 Å². The number of halogens is 2. The van der Waals surface area contributed by atoms with Crippen LogP contribution in [0.3, 0.4) is 0 Å². The number of nitrogens with one attached hydrogen (secondary N) is 2. The summed E-state index contributed by atoms with van der Waals surface area (Å²) in [5.74, 6) is 1.40. The van der Waals surface area contributed by atoms with Crippen molar-refractivity contribution >= 4 is 46.7 Å². The zero-order chi connectivity index (χ0) is 27.5. The number of rotatable bonds is 7. The molecule has 5 rings (SSSR count). The average molecular weight is 550 g/mol. The highest BCUT2D eigenvalue weighted by atomic mass is 35.5. The van der Waals surface area contributed by atoms with E-state index in [4.69, 9.17) is 11.6 Å². The number of carbonyl (C=O) groups excluding carboxylic acids is 1. The van der Waals surface area contributed by atoms with E-state index in [0.717, 1.165) is 24.3 Å². The smallest absolute Gasteiger partial charge is 0.274 e. The van der Waals surface area contributed by atoms with Crippen LogP contribution in [-0.2, 0) is 13.5 Å². The number of anilines is 5. The largest absolute Gasteiger partial charge is 0.368 e. The van der Waals surface area contributed by atoms with Crippen LogP contribution in [0.15, 0.2) is 48.7 Å². The van der Waals surface area contributed by atoms with E-state index in [-0.39, 0.29) is 11.7 Å². The SMILES string of the molecule is CCc1nc(Nc2ncc(C(=O)Nc3c(C)cccc3Cl)n2C)nc(N2CCN(c3ccc(F)cc3)CC2)n1. The van der Waals surface area contributed by atoms with Gasteiger partial charge >= 0.3 is 0 Å². The van der Waals surface area contributed by atoms with E-state index in [0.29, 0.717) is 59.6 Å². The molecule has 1 amide bonds. The van der Waals surface area contributed by atoms with Gasteiger partial charge in [-0.05, 0) is 42.8 Å². The molecule has 0 atom stereocenters. The molecule has 2 aromatic carbocycles. The van der Waals surface area contributed by atoms with Crippen molar-refractivity contribution in [2.45, 2.75) is 20.3 Å². The summed E-state index contributed by atoms with van der Waals surface area (Å²) in [7, 11) is 1.74. The highest BCUT2D eigenvalue weighted by Gasteiger charge is 2.22. The van der Waals surface area contributed by atoms with E-state index < -0.39 is 0 Å². The Kier molecular flexibility index (Phi) is 7.60. The lowest BCUT2D eigenvalue weighted by Crippen LogP contribution is -2.47. The van der Waals surface area contributed by atoms with Gasteiger partial charge in [-0.2, -0.15) is 15.0 Å². The van der Waals surface area contributed by atoms with Crippen molar-refractivity contribution in [3.63, 3.8) is 0 Å². The molecule has 2 N–H and O–H groups in total. The topological polar surface area (TPSA) is 104 Å². The summed E-state index contributed by atoms with van der Waals surface area (Å²) < 4.78 is 14.9. The van der Waals surface area contributed by atoms with E-state index in [1.165, 1.54) is 18.3 Å². The molecular formula is C27H29ClFN9O. The number of aryl methyl sites for hydroxylation is 2. The molecule has 2 aromatic heterocycles. The fraction of sp³-hybridized carbons (Fsp3) is 0.296. The fourth-order valence-corrected chi connectivity index (χ4v) is 4.65. The third-order valence-electron chi connectivity index (χ3n) is 6.65. The summed E-state index contributed by atoms with van der Waals surface area (Å²) in [5.41, 5.74) is 2.76. The van der Waals surface area contributed by atoms with Crippen molar-refractivity contribution < 1.29 is 9.18 Å². The quantitative estimate of drug-likeness (QED) is 0.345. The molecule has 4 aromatic rings. The molecule has 1 saturated heterocycles. The zero-order valence-electron chi connectivity index (χ0n) is 21.9. The van der Waals surface area contributed by atoms with E-state index >= 15 is 0 Å². The van der Waals surface area contributed by atoms with Crippen LogP contribution in [0.5, 0.6) is 0 Å². The number of nitrogens with zero attached hydrogens (tertiary/aromatic N) is 7. The summed E-state index contributed by atoms with van der Waals surface area (Å²) in [6, 6.07) is 12.0. The van der Waals surface area contributed by atoms with E-state index in [1.54, 1.807) is 29.8 Å². The summed E-state index contributed by atoms with van der Waals surface area (Å²) in [6.45, 7) is 6.78. The molecule has 0 spiro atoms. The molecule has 0 radical (unpaired) electrons. The first kappa shape index (κ1) is 26.4. The van der Waals surface area contributed by atoms with Crippen LogP contribution in [0.4, 0.5) is 33.6 Å². The molecule has 0 aliphatic carbocycles. The number of aromatic nitrogens is 5. The van der Waals surface area contributed by atoms with Crippen LogP contribution in [0, 0.1) is 12.7 Å². The Balaban J connectivity index is 1.30. The second-order valence-electron chi connectivity index (χ2n) is 9.22. The normalized spacial score (nSPS) is 13.5. The lowest BCUT2D eigenvalue weighted by atomic mass is 10.2. The zero-order valence-corrected chi connectivity index (χ0v) is 22.7. The monoisotopic (exact) mass is 549 g/mol. The fourth-order valence-electron chi connectivity index (χ4n) is 4.38. The highest BCUT2D eigenvalue weighted by molar-refractivity contribution is 6.34. The van der Waals surface area contributed by atoms with Gasteiger partial charge in [0.25, 0.3) is 5.91 Å². The molecule has 0 bridgehead atoms. The first-order valence-electron chi connectivity index (χ1n) is 12.7. The summed E-state index contributed by atoms with van der Waals surface area (Å²) in [4.78, 5) is 35.5. The van der Waals surface area contributed by atoms with Crippen LogP contribution in [0.2, 0.25) is 5.02 Å². The Morgan fingerprint density at radius 1 is 1.03 bits per heavy atom. The molecule has 10 nitrogen and oxygen atoms in total. The molecule has 0 saturated carbocycles. The third-order valence-corrected chi connectivity index (χ3v) is 6.96. The molecule has 3 heterocycles. The van der Waals surface area contributed by atoms with Crippen LogP contribution in [0.1, 0.15) is 28.8 Å². The van der Waals surface area contributed by atoms with Crippen molar-refractivity contribution in [2.75, 3.05) is 46.6 Å². The van der Waals surface area contributed by atoms with Crippen molar-refractivity contribution in [2.24, 2.45) is 7.05 Å². The Morgan fingerprint density at radius 2 is 1.74 bits per heavy atom. The second-order valence-corrected chi connectivity index (χ2v) is 9.62. The number of carbonyl (C=O) groups is 1. The van der Waals surface area contributed by atoms with E-state index in [9.17, 15) is 9.18 Å². The van der Waals surface area contributed by atoms with Crippen molar-refractivity contribution in [3.05, 3.63) is 76.6 Å². The number of hydrogen-bond donors (Lipinski definition) is 2. The van der Waals surface area contributed by atoms with Gasteiger partial charge in [0.1, 0.15) is 17.3 Å². The van der Waals surface area contributed by atoms with Gasteiger partial charge in [-0.15, -0.1) is 0 Å². The maximum Gasteiger partial charge on any atom is 0.274 e. The summed E-state index contributed by atoms with van der Waals surface area (Å²) in [6.07, 6.45) is 2.12. The molecule has 0 unspecified atom stereocenters. The van der Waals surface area contributed by atoms with Gasteiger partial charge < -0.3 is 19.7 Å². The van der Waals surface area contributed by atoms with Gasteiger partial charge in [-0.3, -0.25) is 10.1 Å². The lowest BCUT2D eigenvalue weighted by molar-refractivity contribution is 0.101. The van der Waals surface area contributed by atoms with Gasteiger partial charge in [-0.1, -0.05) is 30.7 Å². The van der Waals surface area contributed by atoms with Gasteiger partial charge in [0.15, 0.2) is 0 Å². The maximum absolute atomic E-state index is 13.3. The second kappa shape index (κ2) is 11.2. The molecule has 1 aliphatic rings. The van der Waals surface area contributed by atoms with Crippen molar-refractivity contribution in [1.82, 2.24) is 24.5 Å². The van der Waals surface area contributed by atoms with Gasteiger partial charge in [-0.25, -0.2) is 9.37 Å². The molecule has 1 fully saturated rings. The first-order valence-corrected chi connectivity index (χ1v) is 13.1. The number of piperazine rings is 1. The van der Waals surface area contributed by atoms with Gasteiger partial charge in [0, 0.05) is 45.3 Å². The molecular weight excluding hydrogens is 521 g/mol. The van der Waals surface area contributed by atoms with Gasteiger partial charge in [0.05, 0.1) is 16.9 Å². The van der Waals surface area contributed by atoms with Crippen LogP contribution in [-0.4, -0.2) is 56.6 Å². The minimum Gasteiger partial charge on any atom is -0.368 e. The van der Waals surface area contributed by atoms with E-state index in [2.05, 4.69) is 40.4 Å². The summed E-state index contributed by atoms with van der Waals surface area (Å²) in [5, 5.41) is 6.48. The molecule has 1 aliphatic heterocycles. The van der Waals surface area contributed by atoms with Crippen LogP contribution in [0.25, 0.3) is 0 Å². The third kappa shape index (κ3) is 5.78. The predicted octanol–water partition coefficient (Wildman–Crippen LogP) is 4.59.